The molecule has 1 saturated carbocycles. The van der Waals surface area contributed by atoms with Crippen LogP contribution in [0, 0.1) is 17.6 Å². The molecule has 0 radical (unpaired) electrons. The summed E-state index contributed by atoms with van der Waals surface area (Å²) in [5, 5.41) is 2.39. The van der Waals surface area contributed by atoms with E-state index in [9.17, 15) is 37.8 Å². The Balaban J connectivity index is 1.56. The number of carbonyl (C=O) groups excluding carboxylic acids is 2. The van der Waals surface area contributed by atoms with Gasteiger partial charge >= 0.3 is 10.2 Å². The van der Waals surface area contributed by atoms with Gasteiger partial charge in [-0.3, -0.25) is 9.59 Å². The second kappa shape index (κ2) is 9.27. The fraction of sp³-hybridized carbons (Fsp3) is 0.167. The Morgan fingerprint density at radius 3 is 2.23 bits per heavy atom. The molecule has 39 heavy (non-hydrogen) atoms. The first kappa shape index (κ1) is 30.0. The lowest BCUT2D eigenvalue weighted by molar-refractivity contribution is -0.117. The maximum Gasteiger partial charge on any atom is 0.310 e. The van der Waals surface area contributed by atoms with Crippen LogP contribution >= 0.6 is 61.0 Å². The molecular formula is C24H14BrCl3F7NO2S. The molecule has 0 spiro atoms. The van der Waals surface area contributed by atoms with Gasteiger partial charge in [-0.05, 0) is 53.6 Å². The van der Waals surface area contributed by atoms with Gasteiger partial charge in [0.1, 0.15) is 20.9 Å². The van der Waals surface area contributed by atoms with E-state index in [1.807, 2.05) is 0 Å². The molecule has 3 aromatic rings. The van der Waals surface area contributed by atoms with E-state index in [1.165, 1.54) is 18.2 Å². The number of benzene rings is 3. The first-order valence-corrected chi connectivity index (χ1v) is 14.5. The summed E-state index contributed by atoms with van der Waals surface area (Å²) in [6.07, 6.45) is -0.474. The van der Waals surface area contributed by atoms with Gasteiger partial charge in [-0.1, -0.05) is 53.0 Å². The Kier molecular flexibility index (Phi) is 7.12. The average molecular weight is 700 g/mol. The van der Waals surface area contributed by atoms with Gasteiger partial charge in [0.25, 0.3) is 0 Å². The van der Waals surface area contributed by atoms with Crippen LogP contribution in [0.2, 0.25) is 5.02 Å². The minimum Gasteiger partial charge on any atom is -0.326 e. The maximum absolute atomic E-state index is 14.0. The van der Waals surface area contributed by atoms with Crippen LogP contribution in [0.3, 0.4) is 0 Å². The predicted molar refractivity (Wildman–Crippen MR) is 141 cm³/mol. The minimum atomic E-state index is -10.1. The molecule has 1 aliphatic carbocycles. The Labute approximate surface area is 240 Å². The van der Waals surface area contributed by atoms with Crippen LogP contribution in [0.15, 0.2) is 64.0 Å². The third-order valence-electron chi connectivity index (χ3n) is 5.93. The molecule has 4 rings (SSSR count). The fourth-order valence-corrected chi connectivity index (χ4v) is 6.45. The summed E-state index contributed by atoms with van der Waals surface area (Å²) in [6, 6.07) is 7.96. The molecule has 1 fully saturated rings. The Morgan fingerprint density at radius 1 is 0.949 bits per heavy atom. The molecule has 1 N–H and O–H groups in total. The number of hydrogen-bond donors (Lipinski definition) is 1. The number of anilines is 1. The summed E-state index contributed by atoms with van der Waals surface area (Å²) in [5.41, 5.74) is -0.530. The highest BCUT2D eigenvalue weighted by Gasteiger charge is 2.69. The topological polar surface area (TPSA) is 46.2 Å². The number of ketones is 1. The van der Waals surface area contributed by atoms with Crippen LogP contribution in [0.1, 0.15) is 27.4 Å². The molecule has 15 heteroatoms. The second-order valence-electron chi connectivity index (χ2n) is 8.84. The number of Topliss-reactive ketones (excluding diaryl/α,β-unsaturated/α-hetero) is 1. The molecule has 1 aliphatic rings. The van der Waals surface area contributed by atoms with Crippen molar-refractivity contribution in [3.63, 3.8) is 0 Å². The van der Waals surface area contributed by atoms with Gasteiger partial charge in [-0.2, -0.15) is 0 Å². The van der Waals surface area contributed by atoms with Gasteiger partial charge in [-0.15, -0.1) is 23.2 Å². The molecule has 0 heterocycles. The Morgan fingerprint density at radius 2 is 1.62 bits per heavy atom. The van der Waals surface area contributed by atoms with E-state index >= 15 is 0 Å². The molecule has 0 aliphatic heterocycles. The second-order valence-corrected chi connectivity index (χ2v) is 14.0. The van der Waals surface area contributed by atoms with E-state index in [4.69, 9.17) is 34.8 Å². The van der Waals surface area contributed by atoms with Gasteiger partial charge in [0.05, 0.1) is 10.9 Å². The quantitative estimate of drug-likeness (QED) is 0.152. The SMILES string of the molecule is O=C(Cc1ccc(F)cc1F)c1cc(NC(=O)C2C(c3cc(Br)cc(S(F)(F)(F)(F)F)c3)C2(Cl)Cl)ccc1Cl. The summed E-state index contributed by atoms with van der Waals surface area (Å²) in [7, 11) is -10.1. The molecule has 3 nitrogen and oxygen atoms in total. The molecule has 2 unspecified atom stereocenters. The molecule has 1 amide bonds. The van der Waals surface area contributed by atoms with Gasteiger partial charge in [0.15, 0.2) is 5.78 Å². The molecular weight excluding hydrogens is 686 g/mol. The van der Waals surface area contributed by atoms with Crippen molar-refractivity contribution in [1.82, 2.24) is 0 Å². The molecule has 3 aromatic carbocycles. The number of rotatable bonds is 7. The highest BCUT2D eigenvalue weighted by atomic mass is 79.9. The van der Waals surface area contributed by atoms with Gasteiger partial charge in [-0.25, -0.2) is 8.78 Å². The van der Waals surface area contributed by atoms with Crippen LogP contribution in [0.25, 0.3) is 0 Å². The van der Waals surface area contributed by atoms with Crippen molar-refractivity contribution in [3.05, 3.63) is 92.4 Å². The number of hydrogen-bond acceptors (Lipinski definition) is 2. The highest BCUT2D eigenvalue weighted by molar-refractivity contribution is 9.10. The summed E-state index contributed by atoms with van der Waals surface area (Å²) in [4.78, 5) is 23.5. The molecule has 0 bridgehead atoms. The Hall–Kier alpha value is -1.99. The van der Waals surface area contributed by atoms with E-state index in [1.54, 1.807) is 0 Å². The van der Waals surface area contributed by atoms with Gasteiger partial charge in [0, 0.05) is 34.1 Å². The van der Waals surface area contributed by atoms with Crippen molar-refractivity contribution in [1.29, 1.82) is 0 Å². The zero-order valence-electron chi connectivity index (χ0n) is 18.9. The number of halogens is 11. The van der Waals surface area contributed by atoms with E-state index in [0.717, 1.165) is 18.2 Å². The number of alkyl halides is 2. The number of amides is 1. The van der Waals surface area contributed by atoms with E-state index < -0.39 is 61.0 Å². The molecule has 210 valence electrons. The molecule has 0 saturated heterocycles. The summed E-state index contributed by atoms with van der Waals surface area (Å²) in [6.45, 7) is 0. The predicted octanol–water partition coefficient (Wildman–Crippen LogP) is 9.99. The largest absolute Gasteiger partial charge is 0.326 e. The standard InChI is InChI=1S/C24H14BrCl3F7NO2S/c25-13-5-12(6-16(8-13)39(31,32,33,34)35)21-22(24(21,27)28)23(38)36-15-3-4-18(26)17(10-15)20(37)7-11-1-2-14(29)9-19(11)30/h1-6,8-10,21-22H,7H2,(H,36,38). The first-order chi connectivity index (χ1) is 17.7. The maximum atomic E-state index is 14.0. The molecule has 0 aromatic heterocycles. The smallest absolute Gasteiger partial charge is 0.310 e. The van der Waals surface area contributed by atoms with E-state index in [-0.39, 0.29) is 44.0 Å². The third-order valence-corrected chi connectivity index (χ3v) is 8.79. The van der Waals surface area contributed by atoms with Gasteiger partial charge < -0.3 is 5.32 Å². The fourth-order valence-electron chi connectivity index (χ4n) is 4.02. The monoisotopic (exact) mass is 697 g/mol. The van der Waals surface area contributed by atoms with Crippen molar-refractivity contribution < 1.29 is 37.8 Å². The first-order valence-electron chi connectivity index (χ1n) is 10.7. The van der Waals surface area contributed by atoms with Gasteiger partial charge in [0.2, 0.25) is 5.91 Å². The van der Waals surface area contributed by atoms with E-state index in [2.05, 4.69) is 21.2 Å². The third kappa shape index (κ3) is 6.51. The van der Waals surface area contributed by atoms with E-state index in [0.29, 0.717) is 6.07 Å². The van der Waals surface area contributed by atoms with Crippen molar-refractivity contribution in [3.8, 4) is 0 Å². The normalized spacial score (nSPS) is 20.1. The number of nitrogens with one attached hydrogen (secondary N) is 1. The van der Waals surface area contributed by atoms with Crippen LogP contribution in [-0.4, -0.2) is 16.0 Å². The van der Waals surface area contributed by atoms with Crippen molar-refractivity contribution in [2.75, 3.05) is 5.32 Å². The Bertz CT molecular complexity index is 1540. The summed E-state index contributed by atoms with van der Waals surface area (Å²) >= 11 is 21.2. The van der Waals surface area contributed by atoms with Crippen molar-refractivity contribution in [2.24, 2.45) is 5.92 Å². The van der Waals surface area contributed by atoms with Crippen LogP contribution in [-0.2, 0) is 11.2 Å². The van der Waals surface area contributed by atoms with Crippen LogP contribution < -0.4 is 5.32 Å². The average Bonchev–Trinajstić information content (AvgIpc) is 3.37. The lowest BCUT2D eigenvalue weighted by Gasteiger charge is -2.40. The highest BCUT2D eigenvalue weighted by Crippen LogP contribution is 3.02. The summed E-state index contributed by atoms with van der Waals surface area (Å²) in [5.74, 6) is -5.91. The zero-order valence-corrected chi connectivity index (χ0v) is 23.6. The summed E-state index contributed by atoms with van der Waals surface area (Å²) < 4.78 is 91.9. The minimum absolute atomic E-state index is 0.0176. The van der Waals surface area contributed by atoms with Crippen molar-refractivity contribution in [2.45, 2.75) is 21.6 Å². The lowest BCUT2D eigenvalue weighted by Crippen LogP contribution is -2.17. The zero-order chi connectivity index (χ0) is 29.2. The molecule has 2 atom stereocenters. The number of carbonyl (C=O) groups is 2. The van der Waals surface area contributed by atoms with Crippen LogP contribution in [0.5, 0.6) is 0 Å². The van der Waals surface area contributed by atoms with Crippen LogP contribution in [0.4, 0.5) is 33.9 Å². The van der Waals surface area contributed by atoms with Crippen molar-refractivity contribution >= 4 is 78.3 Å². The lowest BCUT2D eigenvalue weighted by atomic mass is 10.0.